The van der Waals surface area contributed by atoms with E-state index in [-0.39, 0.29) is 5.91 Å². The van der Waals surface area contributed by atoms with Gasteiger partial charge in [0.2, 0.25) is 0 Å². The number of anilines is 1. The van der Waals surface area contributed by atoms with Gasteiger partial charge in [-0.2, -0.15) is 0 Å². The monoisotopic (exact) mass is 343 g/mol. The molecule has 0 aliphatic rings. The Labute approximate surface area is 150 Å². The topological polar surface area (TPSA) is 63.1 Å². The second kappa shape index (κ2) is 9.20. The third-order valence-electron chi connectivity index (χ3n) is 4.22. The summed E-state index contributed by atoms with van der Waals surface area (Å²) in [6.45, 7) is 8.60. The maximum atomic E-state index is 12.3. The van der Waals surface area contributed by atoms with Crippen molar-refractivity contribution in [1.29, 1.82) is 0 Å². The Kier molecular flexibility index (Phi) is 6.98. The van der Waals surface area contributed by atoms with E-state index in [1.165, 1.54) is 12.8 Å². The Hall–Kier alpha value is -2.37. The molecule has 1 amide bonds. The van der Waals surface area contributed by atoms with Gasteiger partial charge in [-0.1, -0.05) is 27.2 Å². The first kappa shape index (κ1) is 19.0. The number of unbranched alkanes of at least 4 members (excludes halogenated alkanes) is 1. The Morgan fingerprint density at radius 2 is 2.00 bits per heavy atom. The number of nitrogens with zero attached hydrogens (tertiary/aromatic N) is 4. The van der Waals surface area contributed by atoms with Crippen molar-refractivity contribution >= 4 is 11.6 Å². The van der Waals surface area contributed by atoms with Gasteiger partial charge in [-0.3, -0.25) is 4.79 Å². The standard InChI is InChI=1S/C19H29N5O/c1-5-6-12-23(4)17-9-7-16(8-10-17)19(25)20-11-13-24-14-21-22-18(24)15(2)3/h7-10,14-15H,5-6,11-13H2,1-4H3,(H,20,25). The van der Waals surface area contributed by atoms with Crippen LogP contribution in [0.1, 0.15) is 55.7 Å². The van der Waals surface area contributed by atoms with Gasteiger partial charge in [-0.25, -0.2) is 0 Å². The van der Waals surface area contributed by atoms with E-state index >= 15 is 0 Å². The predicted molar refractivity (Wildman–Crippen MR) is 101 cm³/mol. The first-order valence-corrected chi connectivity index (χ1v) is 9.00. The molecule has 0 aliphatic heterocycles. The molecule has 1 N–H and O–H groups in total. The van der Waals surface area contributed by atoms with Crippen LogP contribution in [0.3, 0.4) is 0 Å². The molecule has 0 spiro atoms. The summed E-state index contributed by atoms with van der Waals surface area (Å²) in [5.74, 6) is 1.20. The van der Waals surface area contributed by atoms with Crippen LogP contribution in [0.25, 0.3) is 0 Å². The Morgan fingerprint density at radius 1 is 1.28 bits per heavy atom. The zero-order valence-corrected chi connectivity index (χ0v) is 15.7. The lowest BCUT2D eigenvalue weighted by Crippen LogP contribution is -2.27. The largest absolute Gasteiger partial charge is 0.375 e. The number of amides is 1. The molecule has 0 radical (unpaired) electrons. The first-order chi connectivity index (χ1) is 12.0. The van der Waals surface area contributed by atoms with Crippen molar-refractivity contribution in [3.05, 3.63) is 42.0 Å². The van der Waals surface area contributed by atoms with Crippen LogP contribution in [-0.2, 0) is 6.54 Å². The average Bonchev–Trinajstić information content (AvgIpc) is 3.08. The van der Waals surface area contributed by atoms with Crippen LogP contribution in [0.5, 0.6) is 0 Å². The smallest absolute Gasteiger partial charge is 0.251 e. The van der Waals surface area contributed by atoms with Gasteiger partial charge in [0.25, 0.3) is 5.91 Å². The van der Waals surface area contributed by atoms with E-state index < -0.39 is 0 Å². The molecule has 1 heterocycles. The van der Waals surface area contributed by atoms with Gasteiger partial charge in [-0.15, -0.1) is 10.2 Å². The second-order valence-corrected chi connectivity index (χ2v) is 6.62. The molecule has 0 atom stereocenters. The van der Waals surface area contributed by atoms with Gasteiger partial charge in [0.05, 0.1) is 0 Å². The highest BCUT2D eigenvalue weighted by atomic mass is 16.1. The second-order valence-electron chi connectivity index (χ2n) is 6.62. The average molecular weight is 343 g/mol. The number of aromatic nitrogens is 3. The van der Waals surface area contributed by atoms with Crippen molar-refractivity contribution in [3.8, 4) is 0 Å². The van der Waals surface area contributed by atoms with Crippen LogP contribution in [0.4, 0.5) is 5.69 Å². The quantitative estimate of drug-likeness (QED) is 0.760. The molecule has 1 aromatic carbocycles. The molecule has 0 aliphatic carbocycles. The molecule has 0 fully saturated rings. The molecular weight excluding hydrogens is 314 g/mol. The number of hydrogen-bond donors (Lipinski definition) is 1. The van der Waals surface area contributed by atoms with Crippen LogP contribution >= 0.6 is 0 Å². The number of carbonyl (C=O) groups excluding carboxylic acids is 1. The van der Waals surface area contributed by atoms with Gasteiger partial charge < -0.3 is 14.8 Å². The van der Waals surface area contributed by atoms with Crippen LogP contribution in [0.15, 0.2) is 30.6 Å². The molecule has 0 unspecified atom stereocenters. The van der Waals surface area contributed by atoms with Gasteiger partial charge in [0.15, 0.2) is 0 Å². The molecule has 25 heavy (non-hydrogen) atoms. The van der Waals surface area contributed by atoms with E-state index in [0.717, 1.165) is 18.1 Å². The van der Waals surface area contributed by atoms with Crippen molar-refractivity contribution in [1.82, 2.24) is 20.1 Å². The van der Waals surface area contributed by atoms with Crippen molar-refractivity contribution in [2.24, 2.45) is 0 Å². The Morgan fingerprint density at radius 3 is 2.64 bits per heavy atom. The minimum absolute atomic E-state index is 0.0538. The van der Waals surface area contributed by atoms with Gasteiger partial charge in [0.1, 0.15) is 12.2 Å². The fraction of sp³-hybridized carbons (Fsp3) is 0.526. The number of benzene rings is 1. The van der Waals surface area contributed by atoms with Gasteiger partial charge in [0, 0.05) is 43.9 Å². The van der Waals surface area contributed by atoms with E-state index in [4.69, 9.17) is 0 Å². The highest BCUT2D eigenvalue weighted by Crippen LogP contribution is 2.14. The van der Waals surface area contributed by atoms with Crippen LogP contribution < -0.4 is 10.2 Å². The van der Waals surface area contributed by atoms with Crippen LogP contribution in [0, 0.1) is 0 Å². The zero-order chi connectivity index (χ0) is 18.2. The predicted octanol–water partition coefficient (Wildman–Crippen LogP) is 3.07. The molecule has 0 bridgehead atoms. The Bertz CT molecular complexity index is 663. The van der Waals surface area contributed by atoms with E-state index in [2.05, 4.69) is 48.2 Å². The highest BCUT2D eigenvalue weighted by Gasteiger charge is 2.10. The fourth-order valence-corrected chi connectivity index (χ4v) is 2.67. The summed E-state index contributed by atoms with van der Waals surface area (Å²) in [6.07, 6.45) is 4.05. The first-order valence-electron chi connectivity index (χ1n) is 9.00. The molecule has 2 aromatic rings. The maximum Gasteiger partial charge on any atom is 0.251 e. The third kappa shape index (κ3) is 5.31. The lowest BCUT2D eigenvalue weighted by atomic mass is 10.1. The number of rotatable bonds is 9. The van der Waals surface area contributed by atoms with Crippen molar-refractivity contribution < 1.29 is 4.79 Å². The van der Waals surface area contributed by atoms with Crippen LogP contribution in [0.2, 0.25) is 0 Å². The maximum absolute atomic E-state index is 12.3. The van der Waals surface area contributed by atoms with Gasteiger partial charge >= 0.3 is 0 Å². The number of nitrogens with one attached hydrogen (secondary N) is 1. The molecular formula is C19H29N5O. The molecule has 0 saturated carbocycles. The summed E-state index contributed by atoms with van der Waals surface area (Å²) in [4.78, 5) is 14.5. The molecule has 2 rings (SSSR count). The minimum Gasteiger partial charge on any atom is -0.375 e. The summed E-state index contributed by atoms with van der Waals surface area (Å²) in [6, 6.07) is 7.76. The van der Waals surface area contributed by atoms with Crippen molar-refractivity contribution in [2.75, 3.05) is 25.0 Å². The Balaban J connectivity index is 1.85. The summed E-state index contributed by atoms with van der Waals surface area (Å²) >= 11 is 0. The van der Waals surface area contributed by atoms with E-state index in [1.807, 2.05) is 28.8 Å². The molecule has 6 heteroatoms. The van der Waals surface area contributed by atoms with Crippen molar-refractivity contribution in [2.45, 2.75) is 46.1 Å². The van der Waals surface area contributed by atoms with E-state index in [0.29, 0.717) is 24.6 Å². The molecule has 136 valence electrons. The third-order valence-corrected chi connectivity index (χ3v) is 4.22. The summed E-state index contributed by atoms with van der Waals surface area (Å²) in [5, 5.41) is 11.0. The van der Waals surface area contributed by atoms with Crippen LogP contribution in [-0.4, -0.2) is 40.8 Å². The fourth-order valence-electron chi connectivity index (χ4n) is 2.67. The summed E-state index contributed by atoms with van der Waals surface area (Å²) in [7, 11) is 2.08. The molecule has 0 saturated heterocycles. The molecule has 1 aromatic heterocycles. The SMILES string of the molecule is CCCCN(C)c1ccc(C(=O)NCCn2cnnc2C(C)C)cc1. The minimum atomic E-state index is -0.0538. The lowest BCUT2D eigenvalue weighted by molar-refractivity contribution is 0.0952. The lowest BCUT2D eigenvalue weighted by Gasteiger charge is -2.19. The normalized spacial score (nSPS) is 10.9. The molecule has 6 nitrogen and oxygen atoms in total. The zero-order valence-electron chi connectivity index (χ0n) is 15.7. The number of carbonyl (C=O) groups is 1. The summed E-state index contributed by atoms with van der Waals surface area (Å²) in [5.41, 5.74) is 1.82. The van der Waals surface area contributed by atoms with Crippen molar-refractivity contribution in [3.63, 3.8) is 0 Å². The van der Waals surface area contributed by atoms with Gasteiger partial charge in [-0.05, 0) is 30.7 Å². The number of hydrogen-bond acceptors (Lipinski definition) is 4. The highest BCUT2D eigenvalue weighted by molar-refractivity contribution is 5.94. The van der Waals surface area contributed by atoms with E-state index in [9.17, 15) is 4.79 Å². The van der Waals surface area contributed by atoms with E-state index in [1.54, 1.807) is 6.33 Å². The summed E-state index contributed by atoms with van der Waals surface area (Å²) < 4.78 is 1.98.